The normalized spacial score (nSPS) is 11.5. The Hall–Kier alpha value is -2.48. The van der Waals surface area contributed by atoms with Gasteiger partial charge in [0.1, 0.15) is 5.82 Å². The van der Waals surface area contributed by atoms with Gasteiger partial charge in [-0.15, -0.1) is 0 Å². The summed E-state index contributed by atoms with van der Waals surface area (Å²) in [5, 5.41) is 4.87. The second-order valence-corrected chi connectivity index (χ2v) is 5.45. The lowest BCUT2D eigenvalue weighted by Crippen LogP contribution is -3.14. The van der Waals surface area contributed by atoms with Crippen LogP contribution in [0, 0.1) is 5.82 Å². The molecule has 1 unspecified atom stereocenters. The average Bonchev–Trinajstić information content (AvgIpc) is 2.56. The lowest BCUT2D eigenvalue weighted by molar-refractivity contribution is -0.881. The standard InChI is InChI=1S/C17H24FN3O4/c1-3-21(12-16(23)20-17(24)25-4-2)11-15(22)19-10-9-13-5-7-14(18)8-6-13/h5-8H,3-4,9-12H2,1-2H3,(H,19,22)(H,20,23,24)/p+1. The summed E-state index contributed by atoms with van der Waals surface area (Å²) in [6.07, 6.45) is -0.191. The molecule has 0 aliphatic heterocycles. The van der Waals surface area contributed by atoms with Crippen molar-refractivity contribution < 1.29 is 28.4 Å². The number of quaternary nitrogens is 1. The number of benzene rings is 1. The van der Waals surface area contributed by atoms with Crippen molar-refractivity contribution in [2.45, 2.75) is 20.3 Å². The minimum absolute atomic E-state index is 0.000691. The molecule has 1 aromatic carbocycles. The summed E-state index contributed by atoms with van der Waals surface area (Å²) in [6.45, 7) is 4.78. The Morgan fingerprint density at radius 2 is 1.72 bits per heavy atom. The maximum absolute atomic E-state index is 12.8. The van der Waals surface area contributed by atoms with Crippen LogP contribution >= 0.6 is 0 Å². The molecule has 0 heterocycles. The Morgan fingerprint density at radius 3 is 2.32 bits per heavy atom. The van der Waals surface area contributed by atoms with Gasteiger partial charge >= 0.3 is 6.09 Å². The molecule has 0 saturated carbocycles. The van der Waals surface area contributed by atoms with Crippen molar-refractivity contribution in [2.24, 2.45) is 0 Å². The van der Waals surface area contributed by atoms with Gasteiger partial charge in [-0.1, -0.05) is 12.1 Å². The number of imide groups is 1. The van der Waals surface area contributed by atoms with Gasteiger partial charge in [-0.2, -0.15) is 0 Å². The first-order valence-electron chi connectivity index (χ1n) is 8.25. The van der Waals surface area contributed by atoms with Crippen LogP contribution in [-0.4, -0.2) is 50.7 Å². The van der Waals surface area contributed by atoms with Crippen molar-refractivity contribution in [3.63, 3.8) is 0 Å². The summed E-state index contributed by atoms with van der Waals surface area (Å²) in [6, 6.07) is 6.10. The fraction of sp³-hybridized carbons (Fsp3) is 0.471. The minimum Gasteiger partial charge on any atom is -0.450 e. The zero-order valence-electron chi connectivity index (χ0n) is 14.6. The second-order valence-electron chi connectivity index (χ2n) is 5.45. The monoisotopic (exact) mass is 354 g/mol. The lowest BCUT2D eigenvalue weighted by Gasteiger charge is -2.16. The number of ether oxygens (including phenoxy) is 1. The molecule has 1 rings (SSSR count). The van der Waals surface area contributed by atoms with E-state index in [-0.39, 0.29) is 31.4 Å². The third-order valence-corrected chi connectivity index (χ3v) is 3.49. The molecule has 8 heteroatoms. The number of halogens is 1. The van der Waals surface area contributed by atoms with E-state index < -0.39 is 12.0 Å². The first kappa shape index (κ1) is 20.6. The average molecular weight is 354 g/mol. The zero-order chi connectivity index (χ0) is 18.7. The number of carbonyl (C=O) groups is 3. The summed E-state index contributed by atoms with van der Waals surface area (Å²) in [7, 11) is 0. The van der Waals surface area contributed by atoms with Crippen molar-refractivity contribution in [2.75, 3.05) is 32.8 Å². The Morgan fingerprint density at radius 1 is 1.08 bits per heavy atom. The molecule has 0 bridgehead atoms. The predicted octanol–water partition coefficient (Wildman–Crippen LogP) is -0.338. The first-order valence-corrected chi connectivity index (χ1v) is 8.25. The van der Waals surface area contributed by atoms with E-state index in [1.165, 1.54) is 12.1 Å². The molecule has 1 atom stereocenters. The van der Waals surface area contributed by atoms with Gasteiger partial charge in [0, 0.05) is 6.54 Å². The third kappa shape index (κ3) is 8.80. The molecule has 138 valence electrons. The molecule has 0 aromatic heterocycles. The summed E-state index contributed by atoms with van der Waals surface area (Å²) in [5.41, 5.74) is 0.926. The van der Waals surface area contributed by atoms with Crippen LogP contribution in [0.5, 0.6) is 0 Å². The highest BCUT2D eigenvalue weighted by atomic mass is 19.1. The fourth-order valence-electron chi connectivity index (χ4n) is 2.15. The number of likely N-dealkylation sites (N-methyl/N-ethyl adjacent to an activating group) is 1. The molecule has 25 heavy (non-hydrogen) atoms. The fourth-order valence-corrected chi connectivity index (χ4v) is 2.15. The quantitative estimate of drug-likeness (QED) is 0.566. The van der Waals surface area contributed by atoms with Gasteiger partial charge in [0.05, 0.1) is 13.2 Å². The van der Waals surface area contributed by atoms with Crippen LogP contribution < -0.4 is 15.5 Å². The summed E-state index contributed by atoms with van der Waals surface area (Å²) in [5.74, 6) is -0.978. The third-order valence-electron chi connectivity index (χ3n) is 3.49. The Kier molecular flexibility index (Phi) is 9.16. The van der Waals surface area contributed by atoms with E-state index >= 15 is 0 Å². The summed E-state index contributed by atoms with van der Waals surface area (Å²) in [4.78, 5) is 35.6. The molecule has 0 spiro atoms. The molecule has 3 amide bonds. The highest BCUT2D eigenvalue weighted by Crippen LogP contribution is 2.02. The minimum atomic E-state index is -0.785. The van der Waals surface area contributed by atoms with Crippen LogP contribution in [0.25, 0.3) is 0 Å². The van der Waals surface area contributed by atoms with Gasteiger partial charge in [0.15, 0.2) is 13.1 Å². The van der Waals surface area contributed by atoms with Gasteiger partial charge < -0.3 is 15.0 Å². The van der Waals surface area contributed by atoms with E-state index in [0.29, 0.717) is 19.5 Å². The van der Waals surface area contributed by atoms with Crippen LogP contribution in [-0.2, 0) is 20.7 Å². The number of nitrogens with one attached hydrogen (secondary N) is 3. The zero-order valence-corrected chi connectivity index (χ0v) is 14.6. The van der Waals surface area contributed by atoms with Gasteiger partial charge in [-0.25, -0.2) is 9.18 Å². The molecular weight excluding hydrogens is 329 g/mol. The molecule has 0 aliphatic carbocycles. The van der Waals surface area contributed by atoms with E-state index in [4.69, 9.17) is 0 Å². The summed E-state index contributed by atoms with van der Waals surface area (Å²) < 4.78 is 17.4. The second kappa shape index (κ2) is 11.1. The molecule has 0 aliphatic rings. The number of hydrogen-bond donors (Lipinski definition) is 3. The molecule has 0 saturated heterocycles. The maximum Gasteiger partial charge on any atom is 0.414 e. The molecule has 7 nitrogen and oxygen atoms in total. The highest BCUT2D eigenvalue weighted by molar-refractivity contribution is 5.92. The first-order chi connectivity index (χ1) is 11.9. The van der Waals surface area contributed by atoms with E-state index in [2.05, 4.69) is 15.4 Å². The van der Waals surface area contributed by atoms with E-state index in [1.807, 2.05) is 6.92 Å². The largest absolute Gasteiger partial charge is 0.450 e. The van der Waals surface area contributed by atoms with Crippen LogP contribution in [0.15, 0.2) is 24.3 Å². The number of carbonyl (C=O) groups excluding carboxylic acids is 3. The molecule has 1 aromatic rings. The van der Waals surface area contributed by atoms with E-state index in [0.717, 1.165) is 10.5 Å². The lowest BCUT2D eigenvalue weighted by atomic mass is 10.1. The number of alkyl carbamates (subject to hydrolysis) is 1. The summed E-state index contributed by atoms with van der Waals surface area (Å²) >= 11 is 0. The van der Waals surface area contributed by atoms with Crippen molar-refractivity contribution in [1.29, 1.82) is 0 Å². The van der Waals surface area contributed by atoms with Gasteiger partial charge in [0.2, 0.25) is 0 Å². The van der Waals surface area contributed by atoms with Crippen LogP contribution in [0.3, 0.4) is 0 Å². The topological polar surface area (TPSA) is 88.9 Å². The molecule has 0 fully saturated rings. The van der Waals surface area contributed by atoms with Crippen molar-refractivity contribution >= 4 is 17.9 Å². The predicted molar refractivity (Wildman–Crippen MR) is 89.5 cm³/mol. The smallest absolute Gasteiger partial charge is 0.414 e. The van der Waals surface area contributed by atoms with Gasteiger partial charge in [0.25, 0.3) is 11.8 Å². The van der Waals surface area contributed by atoms with Crippen LogP contribution in [0.4, 0.5) is 9.18 Å². The van der Waals surface area contributed by atoms with Crippen LogP contribution in [0.1, 0.15) is 19.4 Å². The van der Waals surface area contributed by atoms with Crippen molar-refractivity contribution in [1.82, 2.24) is 10.6 Å². The number of amides is 3. The number of hydrogen-bond acceptors (Lipinski definition) is 4. The van der Waals surface area contributed by atoms with Crippen molar-refractivity contribution in [3.05, 3.63) is 35.6 Å². The van der Waals surface area contributed by atoms with Gasteiger partial charge in [-0.3, -0.25) is 14.9 Å². The van der Waals surface area contributed by atoms with E-state index in [9.17, 15) is 18.8 Å². The Balaban J connectivity index is 2.31. The van der Waals surface area contributed by atoms with Gasteiger partial charge in [-0.05, 0) is 38.0 Å². The Labute approximate surface area is 146 Å². The molecule has 3 N–H and O–H groups in total. The maximum atomic E-state index is 12.8. The van der Waals surface area contributed by atoms with E-state index in [1.54, 1.807) is 19.1 Å². The highest BCUT2D eigenvalue weighted by Gasteiger charge is 2.18. The van der Waals surface area contributed by atoms with Crippen molar-refractivity contribution in [3.8, 4) is 0 Å². The van der Waals surface area contributed by atoms with Crippen LogP contribution in [0.2, 0.25) is 0 Å². The SMILES string of the molecule is CCOC(=O)NC(=O)C[NH+](CC)CC(=O)NCCc1ccc(F)cc1. The Bertz CT molecular complexity index is 578. The molecule has 0 radical (unpaired) electrons. The molecular formula is C17H25FN3O4+. The number of rotatable bonds is 9.